The highest BCUT2D eigenvalue weighted by molar-refractivity contribution is 7.12. The molecule has 1 aromatic carbocycles. The zero-order chi connectivity index (χ0) is 15.9. The number of Topliss-reactive ketones (excluding diaryl/α,β-unsaturated/α-hetero) is 2. The maximum absolute atomic E-state index is 11.9. The zero-order valence-corrected chi connectivity index (χ0v) is 13.1. The van der Waals surface area contributed by atoms with Crippen LogP contribution in [0, 0.1) is 0 Å². The standard InChI is InChI=1S/C17H17NO3S/c1-12(19)13-5-2-6-14(11-13)18-17(21)9-3-7-15(20)16-8-4-10-22-16/h2,4-6,8,10-11H,3,7,9H2,1H3,(H,18,21). The van der Waals surface area contributed by atoms with Crippen molar-refractivity contribution in [2.75, 3.05) is 5.32 Å². The summed E-state index contributed by atoms with van der Waals surface area (Å²) >= 11 is 1.41. The molecule has 0 unspecified atom stereocenters. The van der Waals surface area contributed by atoms with Crippen LogP contribution in [0.5, 0.6) is 0 Å². The first-order valence-electron chi connectivity index (χ1n) is 7.04. The number of hydrogen-bond acceptors (Lipinski definition) is 4. The van der Waals surface area contributed by atoms with E-state index in [9.17, 15) is 14.4 Å². The second-order valence-electron chi connectivity index (χ2n) is 4.94. The van der Waals surface area contributed by atoms with Gasteiger partial charge in [0.15, 0.2) is 11.6 Å². The van der Waals surface area contributed by atoms with Crippen molar-refractivity contribution in [3.05, 3.63) is 52.2 Å². The van der Waals surface area contributed by atoms with Gasteiger partial charge in [-0.2, -0.15) is 0 Å². The van der Waals surface area contributed by atoms with E-state index in [1.165, 1.54) is 18.3 Å². The molecule has 0 atom stereocenters. The van der Waals surface area contributed by atoms with Crippen molar-refractivity contribution in [1.29, 1.82) is 0 Å². The van der Waals surface area contributed by atoms with Crippen LogP contribution in [0.15, 0.2) is 41.8 Å². The molecule has 0 bridgehead atoms. The van der Waals surface area contributed by atoms with Crippen molar-refractivity contribution >= 4 is 34.5 Å². The maximum atomic E-state index is 11.9. The first kappa shape index (κ1) is 16.1. The molecule has 2 aromatic rings. The molecule has 114 valence electrons. The molecule has 1 amide bonds. The third kappa shape index (κ3) is 4.63. The molecule has 0 aliphatic rings. The molecule has 0 aliphatic carbocycles. The van der Waals surface area contributed by atoms with Gasteiger partial charge in [0.05, 0.1) is 4.88 Å². The summed E-state index contributed by atoms with van der Waals surface area (Å²) in [7, 11) is 0. The Labute approximate surface area is 133 Å². The predicted octanol–water partition coefficient (Wildman–Crippen LogP) is 3.94. The fourth-order valence-electron chi connectivity index (χ4n) is 2.01. The molecule has 0 saturated carbocycles. The second kappa shape index (κ2) is 7.66. The summed E-state index contributed by atoms with van der Waals surface area (Å²) in [6, 6.07) is 10.5. The van der Waals surface area contributed by atoms with Crippen LogP contribution >= 0.6 is 11.3 Å². The minimum Gasteiger partial charge on any atom is -0.326 e. The fourth-order valence-corrected chi connectivity index (χ4v) is 2.70. The van der Waals surface area contributed by atoms with E-state index >= 15 is 0 Å². The molecular weight excluding hydrogens is 298 g/mol. The van der Waals surface area contributed by atoms with Gasteiger partial charge in [-0.1, -0.05) is 18.2 Å². The highest BCUT2D eigenvalue weighted by atomic mass is 32.1. The molecule has 5 heteroatoms. The van der Waals surface area contributed by atoms with Crippen molar-refractivity contribution in [2.45, 2.75) is 26.2 Å². The summed E-state index contributed by atoms with van der Waals surface area (Å²) in [5, 5.41) is 4.61. The summed E-state index contributed by atoms with van der Waals surface area (Å²) in [6.45, 7) is 1.48. The van der Waals surface area contributed by atoms with Gasteiger partial charge >= 0.3 is 0 Å². The molecule has 2 rings (SSSR count). The Morgan fingerprint density at radius 1 is 1.09 bits per heavy atom. The minimum absolute atomic E-state index is 0.0438. The normalized spacial score (nSPS) is 10.2. The number of hydrogen-bond donors (Lipinski definition) is 1. The molecule has 0 fully saturated rings. The van der Waals surface area contributed by atoms with Crippen molar-refractivity contribution in [3.63, 3.8) is 0 Å². The van der Waals surface area contributed by atoms with Crippen LogP contribution in [-0.2, 0) is 4.79 Å². The average molecular weight is 315 g/mol. The van der Waals surface area contributed by atoms with E-state index in [4.69, 9.17) is 0 Å². The maximum Gasteiger partial charge on any atom is 0.224 e. The predicted molar refractivity (Wildman–Crippen MR) is 87.6 cm³/mol. The van der Waals surface area contributed by atoms with Crippen LogP contribution in [0.4, 0.5) is 5.69 Å². The SMILES string of the molecule is CC(=O)c1cccc(NC(=O)CCCC(=O)c2cccs2)c1. The lowest BCUT2D eigenvalue weighted by atomic mass is 10.1. The number of ketones is 2. The lowest BCUT2D eigenvalue weighted by Gasteiger charge is -2.06. The smallest absolute Gasteiger partial charge is 0.224 e. The van der Waals surface area contributed by atoms with E-state index < -0.39 is 0 Å². The van der Waals surface area contributed by atoms with Crippen LogP contribution in [-0.4, -0.2) is 17.5 Å². The van der Waals surface area contributed by atoms with E-state index in [0.29, 0.717) is 24.1 Å². The number of thiophene rings is 1. The van der Waals surface area contributed by atoms with Crippen LogP contribution in [0.2, 0.25) is 0 Å². The van der Waals surface area contributed by atoms with Gasteiger partial charge in [0.25, 0.3) is 0 Å². The first-order chi connectivity index (χ1) is 10.6. The summed E-state index contributed by atoms with van der Waals surface area (Å²) in [4.78, 5) is 35.7. The quantitative estimate of drug-likeness (QED) is 0.787. The van der Waals surface area contributed by atoms with Crippen LogP contribution in [0.1, 0.15) is 46.2 Å². The lowest BCUT2D eigenvalue weighted by Crippen LogP contribution is -2.12. The van der Waals surface area contributed by atoms with Gasteiger partial charge in [-0.05, 0) is 36.9 Å². The number of rotatable bonds is 7. The zero-order valence-electron chi connectivity index (χ0n) is 12.3. The van der Waals surface area contributed by atoms with E-state index in [2.05, 4.69) is 5.32 Å². The summed E-state index contributed by atoms with van der Waals surface area (Å²) in [5.41, 5.74) is 1.16. The fraction of sp³-hybridized carbons (Fsp3) is 0.235. The number of anilines is 1. The molecule has 4 nitrogen and oxygen atoms in total. The van der Waals surface area contributed by atoms with Crippen LogP contribution in [0.3, 0.4) is 0 Å². The summed E-state index contributed by atoms with van der Waals surface area (Å²) in [6.07, 6.45) is 1.15. The van der Waals surface area contributed by atoms with Gasteiger partial charge in [-0.15, -0.1) is 11.3 Å². The lowest BCUT2D eigenvalue weighted by molar-refractivity contribution is -0.116. The molecular formula is C17H17NO3S. The Kier molecular flexibility index (Phi) is 5.61. The monoisotopic (exact) mass is 315 g/mol. The third-order valence-electron chi connectivity index (χ3n) is 3.16. The van der Waals surface area contributed by atoms with E-state index in [-0.39, 0.29) is 23.9 Å². The van der Waals surface area contributed by atoms with Gasteiger partial charge in [-0.3, -0.25) is 14.4 Å². The minimum atomic E-state index is -0.153. The Bertz CT molecular complexity index is 677. The highest BCUT2D eigenvalue weighted by Gasteiger charge is 2.09. The summed E-state index contributed by atoms with van der Waals surface area (Å²) in [5.74, 6) is -0.126. The second-order valence-corrected chi connectivity index (χ2v) is 5.89. The topological polar surface area (TPSA) is 63.2 Å². The highest BCUT2D eigenvalue weighted by Crippen LogP contribution is 2.14. The van der Waals surface area contributed by atoms with Gasteiger partial charge in [0, 0.05) is 24.1 Å². The van der Waals surface area contributed by atoms with Gasteiger partial charge in [0.1, 0.15) is 0 Å². The van der Waals surface area contributed by atoms with Gasteiger partial charge in [-0.25, -0.2) is 0 Å². The first-order valence-corrected chi connectivity index (χ1v) is 7.92. The third-order valence-corrected chi connectivity index (χ3v) is 4.07. The van der Waals surface area contributed by atoms with Gasteiger partial charge in [0.2, 0.25) is 5.91 Å². The molecule has 1 aromatic heterocycles. The molecule has 0 saturated heterocycles. The number of carbonyl (C=O) groups is 3. The molecule has 0 aliphatic heterocycles. The molecule has 0 radical (unpaired) electrons. The summed E-state index contributed by atoms with van der Waals surface area (Å²) < 4.78 is 0. The number of benzene rings is 1. The average Bonchev–Trinajstić information content (AvgIpc) is 3.01. The van der Waals surface area contributed by atoms with E-state index in [1.807, 2.05) is 11.4 Å². The Balaban J connectivity index is 1.79. The van der Waals surface area contributed by atoms with Crippen LogP contribution in [0.25, 0.3) is 0 Å². The number of amides is 1. The van der Waals surface area contributed by atoms with Crippen molar-refractivity contribution in [1.82, 2.24) is 0 Å². The Morgan fingerprint density at radius 2 is 1.91 bits per heavy atom. The van der Waals surface area contributed by atoms with Crippen molar-refractivity contribution < 1.29 is 14.4 Å². The number of nitrogens with one attached hydrogen (secondary N) is 1. The molecule has 1 heterocycles. The van der Waals surface area contributed by atoms with Gasteiger partial charge < -0.3 is 5.32 Å². The van der Waals surface area contributed by atoms with Crippen LogP contribution < -0.4 is 5.32 Å². The molecule has 0 spiro atoms. The molecule has 22 heavy (non-hydrogen) atoms. The van der Waals surface area contributed by atoms with E-state index in [0.717, 1.165) is 4.88 Å². The Morgan fingerprint density at radius 3 is 2.59 bits per heavy atom. The Hall–Kier alpha value is -2.27. The largest absolute Gasteiger partial charge is 0.326 e. The van der Waals surface area contributed by atoms with Crippen molar-refractivity contribution in [3.8, 4) is 0 Å². The van der Waals surface area contributed by atoms with Crippen molar-refractivity contribution in [2.24, 2.45) is 0 Å². The molecule has 1 N–H and O–H groups in total. The number of carbonyl (C=O) groups excluding carboxylic acids is 3. The van der Waals surface area contributed by atoms with E-state index in [1.54, 1.807) is 30.3 Å².